The summed E-state index contributed by atoms with van der Waals surface area (Å²) in [6.45, 7) is 5.87. The van der Waals surface area contributed by atoms with E-state index in [4.69, 9.17) is 0 Å². The molecule has 0 aromatic heterocycles. The van der Waals surface area contributed by atoms with Gasteiger partial charge in [0.15, 0.2) is 0 Å². The molecule has 0 unspecified atom stereocenters. The molecule has 1 fully saturated rings. The van der Waals surface area contributed by atoms with Gasteiger partial charge in [-0.05, 0) is 62.7 Å². The predicted molar refractivity (Wildman–Crippen MR) is 110 cm³/mol. The average Bonchev–Trinajstić information content (AvgIpc) is 3.15. The molecule has 0 radical (unpaired) electrons. The number of hydrogen-bond donors (Lipinski definition) is 1. The fourth-order valence-corrected chi connectivity index (χ4v) is 3.34. The van der Waals surface area contributed by atoms with Crippen LogP contribution in [-0.2, 0) is 4.79 Å². The highest BCUT2D eigenvalue weighted by atomic mass is 16.2. The topological polar surface area (TPSA) is 69.7 Å². The van der Waals surface area contributed by atoms with Crippen LogP contribution in [0.2, 0.25) is 0 Å². The minimum absolute atomic E-state index is 0.0549. The van der Waals surface area contributed by atoms with Crippen molar-refractivity contribution in [2.24, 2.45) is 0 Å². The summed E-state index contributed by atoms with van der Waals surface area (Å²) in [5.74, 6) is -0.195. The second-order valence-electron chi connectivity index (χ2n) is 6.71. The van der Waals surface area contributed by atoms with Crippen LogP contribution in [0.3, 0.4) is 0 Å². The van der Waals surface area contributed by atoms with Crippen LogP contribution >= 0.6 is 0 Å². The van der Waals surface area contributed by atoms with Gasteiger partial charge in [-0.2, -0.15) is 0 Å². The van der Waals surface area contributed by atoms with Crippen molar-refractivity contribution >= 4 is 29.1 Å². The van der Waals surface area contributed by atoms with E-state index >= 15 is 0 Å². The van der Waals surface area contributed by atoms with Crippen LogP contribution in [0.15, 0.2) is 48.5 Å². The normalized spacial score (nSPS) is 13.5. The summed E-state index contributed by atoms with van der Waals surface area (Å²) in [4.78, 5) is 40.3. The predicted octanol–water partition coefficient (Wildman–Crippen LogP) is 3.55. The first-order valence-corrected chi connectivity index (χ1v) is 9.64. The van der Waals surface area contributed by atoms with E-state index in [1.54, 1.807) is 58.3 Å². The highest BCUT2D eigenvalue weighted by Crippen LogP contribution is 2.22. The van der Waals surface area contributed by atoms with Crippen molar-refractivity contribution in [2.45, 2.75) is 26.7 Å². The number of nitrogens with one attached hydrogen (secondary N) is 1. The van der Waals surface area contributed by atoms with Crippen molar-refractivity contribution < 1.29 is 14.4 Å². The molecule has 0 atom stereocenters. The zero-order valence-corrected chi connectivity index (χ0v) is 16.3. The average molecular weight is 379 g/mol. The van der Waals surface area contributed by atoms with E-state index in [2.05, 4.69) is 5.32 Å². The molecule has 0 bridgehead atoms. The second kappa shape index (κ2) is 8.69. The number of nitrogens with zero attached hydrogens (tertiary/aromatic N) is 2. The monoisotopic (exact) mass is 379 g/mol. The number of anilines is 2. The molecule has 1 heterocycles. The molecule has 3 amide bonds. The third-order valence-corrected chi connectivity index (χ3v) is 4.93. The fourth-order valence-electron chi connectivity index (χ4n) is 3.34. The van der Waals surface area contributed by atoms with Crippen molar-refractivity contribution in [2.75, 3.05) is 29.9 Å². The van der Waals surface area contributed by atoms with Gasteiger partial charge in [-0.3, -0.25) is 14.4 Å². The van der Waals surface area contributed by atoms with E-state index < -0.39 is 0 Å². The van der Waals surface area contributed by atoms with Crippen LogP contribution in [0.1, 0.15) is 47.4 Å². The molecule has 2 aromatic rings. The van der Waals surface area contributed by atoms with Gasteiger partial charge < -0.3 is 15.1 Å². The number of rotatable bonds is 6. The van der Waals surface area contributed by atoms with Crippen LogP contribution in [0.5, 0.6) is 0 Å². The Kier molecular flexibility index (Phi) is 6.09. The molecule has 0 saturated carbocycles. The Hall–Kier alpha value is -3.15. The number of benzene rings is 2. The minimum atomic E-state index is -0.258. The third kappa shape index (κ3) is 4.22. The number of carbonyl (C=O) groups excluding carboxylic acids is 3. The Balaban J connectivity index is 1.70. The van der Waals surface area contributed by atoms with Crippen molar-refractivity contribution in [1.29, 1.82) is 0 Å². The highest BCUT2D eigenvalue weighted by Gasteiger charge is 2.21. The summed E-state index contributed by atoms with van der Waals surface area (Å²) < 4.78 is 0. The summed E-state index contributed by atoms with van der Waals surface area (Å²) >= 11 is 0. The number of amides is 3. The smallest absolute Gasteiger partial charge is 0.255 e. The van der Waals surface area contributed by atoms with Gasteiger partial charge in [0, 0.05) is 48.6 Å². The summed E-state index contributed by atoms with van der Waals surface area (Å²) in [7, 11) is 0. The Morgan fingerprint density at radius 1 is 1.04 bits per heavy atom. The molecule has 1 saturated heterocycles. The summed E-state index contributed by atoms with van der Waals surface area (Å²) in [6.07, 6.45) is 1.44. The molecule has 2 aromatic carbocycles. The van der Waals surface area contributed by atoms with E-state index in [-0.39, 0.29) is 17.7 Å². The van der Waals surface area contributed by atoms with E-state index in [0.29, 0.717) is 36.3 Å². The van der Waals surface area contributed by atoms with Gasteiger partial charge in [0.25, 0.3) is 11.8 Å². The van der Waals surface area contributed by atoms with Gasteiger partial charge in [-0.15, -0.1) is 0 Å². The van der Waals surface area contributed by atoms with Gasteiger partial charge in [-0.25, -0.2) is 0 Å². The van der Waals surface area contributed by atoms with Crippen molar-refractivity contribution in [1.82, 2.24) is 4.90 Å². The van der Waals surface area contributed by atoms with Crippen LogP contribution in [0.4, 0.5) is 11.4 Å². The lowest BCUT2D eigenvalue weighted by Gasteiger charge is -2.19. The zero-order chi connectivity index (χ0) is 20.1. The summed E-state index contributed by atoms with van der Waals surface area (Å²) in [6, 6.07) is 14.0. The maximum Gasteiger partial charge on any atom is 0.255 e. The van der Waals surface area contributed by atoms with Gasteiger partial charge in [0.1, 0.15) is 0 Å². The molecule has 6 heteroatoms. The quantitative estimate of drug-likeness (QED) is 0.834. The highest BCUT2D eigenvalue weighted by molar-refractivity contribution is 6.05. The maximum atomic E-state index is 12.6. The summed E-state index contributed by atoms with van der Waals surface area (Å²) in [5.41, 5.74) is 2.42. The zero-order valence-electron chi connectivity index (χ0n) is 16.3. The fraction of sp³-hybridized carbons (Fsp3) is 0.318. The lowest BCUT2D eigenvalue weighted by molar-refractivity contribution is -0.117. The van der Waals surface area contributed by atoms with Crippen LogP contribution in [0.25, 0.3) is 0 Å². The van der Waals surface area contributed by atoms with E-state index in [9.17, 15) is 14.4 Å². The largest absolute Gasteiger partial charge is 0.339 e. The first-order valence-electron chi connectivity index (χ1n) is 9.64. The summed E-state index contributed by atoms with van der Waals surface area (Å²) in [5, 5.41) is 2.84. The van der Waals surface area contributed by atoms with Gasteiger partial charge in [0.2, 0.25) is 5.91 Å². The first-order chi connectivity index (χ1) is 13.5. The second-order valence-corrected chi connectivity index (χ2v) is 6.71. The molecule has 0 aliphatic carbocycles. The molecule has 28 heavy (non-hydrogen) atoms. The lowest BCUT2D eigenvalue weighted by atomic mass is 10.1. The number of hydrogen-bond acceptors (Lipinski definition) is 3. The van der Waals surface area contributed by atoms with E-state index in [0.717, 1.165) is 18.7 Å². The molecule has 0 spiro atoms. The van der Waals surface area contributed by atoms with Crippen molar-refractivity contribution in [3.05, 3.63) is 59.7 Å². The van der Waals surface area contributed by atoms with Crippen molar-refractivity contribution in [3.8, 4) is 0 Å². The van der Waals surface area contributed by atoms with Crippen molar-refractivity contribution in [3.63, 3.8) is 0 Å². The molecule has 6 nitrogen and oxygen atoms in total. The molecule has 146 valence electrons. The molecule has 1 aliphatic heterocycles. The molecule has 1 N–H and O–H groups in total. The van der Waals surface area contributed by atoms with Crippen LogP contribution in [0, 0.1) is 0 Å². The third-order valence-electron chi connectivity index (χ3n) is 4.93. The van der Waals surface area contributed by atoms with Crippen LogP contribution < -0.4 is 10.2 Å². The Morgan fingerprint density at radius 3 is 2.36 bits per heavy atom. The van der Waals surface area contributed by atoms with Gasteiger partial charge in [-0.1, -0.05) is 6.07 Å². The Labute approximate surface area is 165 Å². The lowest BCUT2D eigenvalue weighted by Crippen LogP contribution is -2.30. The van der Waals surface area contributed by atoms with Gasteiger partial charge in [0.05, 0.1) is 0 Å². The first kappa shape index (κ1) is 19.6. The molecule has 1 aliphatic rings. The Bertz CT molecular complexity index is 873. The Morgan fingerprint density at radius 2 is 1.75 bits per heavy atom. The van der Waals surface area contributed by atoms with Gasteiger partial charge >= 0.3 is 0 Å². The maximum absolute atomic E-state index is 12.6. The molecular formula is C22H25N3O3. The number of carbonyl (C=O) groups is 3. The molecular weight excluding hydrogens is 354 g/mol. The minimum Gasteiger partial charge on any atom is -0.339 e. The molecule has 3 rings (SSSR count). The van der Waals surface area contributed by atoms with E-state index in [1.165, 1.54) is 0 Å². The SMILES string of the molecule is CCN(CC)C(=O)c1cccc(NC(=O)c2ccc(N3CCCC3=O)cc2)c1. The standard InChI is InChI=1S/C22H25N3O3/c1-3-24(4-2)22(28)17-7-5-8-18(15-17)23-21(27)16-10-12-19(13-11-16)25-14-6-9-20(25)26/h5,7-8,10-13,15H,3-4,6,9,14H2,1-2H3,(H,23,27). The van der Waals surface area contributed by atoms with Crippen LogP contribution in [-0.4, -0.2) is 42.3 Å². The van der Waals surface area contributed by atoms with E-state index in [1.807, 2.05) is 13.8 Å².